The topological polar surface area (TPSA) is 83.8 Å². The molecule has 0 aliphatic carbocycles. The highest BCUT2D eigenvalue weighted by Gasteiger charge is 2.33. The summed E-state index contributed by atoms with van der Waals surface area (Å²) in [6.07, 6.45) is 0. The minimum absolute atomic E-state index is 0.0544. The maximum absolute atomic E-state index is 13.9. The highest BCUT2D eigenvalue weighted by atomic mass is 32.2. The molecule has 1 atom stereocenters. The number of halogens is 1. The van der Waals surface area contributed by atoms with Crippen molar-refractivity contribution in [2.45, 2.75) is 11.5 Å². The molecule has 0 radical (unpaired) electrons. The lowest BCUT2D eigenvalue weighted by Gasteiger charge is -2.06. The molecule has 2 N–H and O–H groups in total. The van der Waals surface area contributed by atoms with Crippen LogP contribution in [0.2, 0.25) is 0 Å². The summed E-state index contributed by atoms with van der Waals surface area (Å²) in [5.41, 5.74) is 0.423. The van der Waals surface area contributed by atoms with Crippen molar-refractivity contribution in [1.29, 1.82) is 0 Å². The largest absolute Gasteiger partial charge is 0.494 e. The summed E-state index contributed by atoms with van der Waals surface area (Å²) in [5.74, 6) is -2.81. The smallest absolute Gasteiger partial charge is 0.481 e. The second-order valence-corrected chi connectivity index (χ2v) is 4.92. The average molecular weight is 258 g/mol. The normalized spacial score (nSPS) is 15.8. The van der Waals surface area contributed by atoms with E-state index in [-0.39, 0.29) is 17.0 Å². The monoisotopic (exact) mass is 258 g/mol. The van der Waals surface area contributed by atoms with Crippen LogP contribution >= 0.6 is 0 Å². The second-order valence-electron chi connectivity index (χ2n) is 3.50. The van der Waals surface area contributed by atoms with Crippen molar-refractivity contribution in [2.75, 3.05) is 5.75 Å². The Morgan fingerprint density at radius 3 is 2.94 bits per heavy atom. The first-order chi connectivity index (χ1) is 8.00. The highest BCUT2D eigenvalue weighted by Crippen LogP contribution is 2.18. The lowest BCUT2D eigenvalue weighted by molar-refractivity contribution is -0.133. The maximum Gasteiger partial charge on any atom is 0.494 e. The molecule has 5 nitrogen and oxygen atoms in total. The third-order valence-corrected chi connectivity index (χ3v) is 3.69. The van der Waals surface area contributed by atoms with Gasteiger partial charge >= 0.3 is 13.1 Å². The van der Waals surface area contributed by atoms with E-state index in [1.807, 2.05) is 0 Å². The van der Waals surface area contributed by atoms with Crippen LogP contribution in [0.5, 0.6) is 0 Å². The van der Waals surface area contributed by atoms with Crippen LogP contribution in [0.4, 0.5) is 4.39 Å². The van der Waals surface area contributed by atoms with E-state index in [9.17, 15) is 18.4 Å². The van der Waals surface area contributed by atoms with Gasteiger partial charge in [-0.3, -0.25) is 9.00 Å². The third-order valence-electron chi connectivity index (χ3n) is 2.38. The number of benzene rings is 1. The number of carbonyl (C=O) groups is 1. The van der Waals surface area contributed by atoms with Gasteiger partial charge in [-0.25, -0.2) is 4.39 Å². The zero-order valence-electron chi connectivity index (χ0n) is 8.55. The zero-order chi connectivity index (χ0) is 12.6. The average Bonchev–Trinajstić information content (AvgIpc) is 2.60. The van der Waals surface area contributed by atoms with Crippen molar-refractivity contribution in [3.63, 3.8) is 0 Å². The van der Waals surface area contributed by atoms with Gasteiger partial charge in [-0.15, -0.1) is 0 Å². The molecule has 0 saturated heterocycles. The van der Waals surface area contributed by atoms with E-state index in [0.29, 0.717) is 5.56 Å². The van der Waals surface area contributed by atoms with Crippen LogP contribution in [-0.2, 0) is 26.9 Å². The predicted octanol–water partition coefficient (Wildman–Crippen LogP) is -0.764. The van der Waals surface area contributed by atoms with Crippen molar-refractivity contribution < 1.29 is 28.2 Å². The van der Waals surface area contributed by atoms with E-state index < -0.39 is 35.5 Å². The first kappa shape index (κ1) is 12.2. The summed E-state index contributed by atoms with van der Waals surface area (Å²) in [6, 6.07) is 2.73. The SMILES string of the molecule is O=C(O)CS(=O)c1ccc2c(c1F)B(O)OC2. The predicted molar refractivity (Wildman–Crippen MR) is 57.7 cm³/mol. The van der Waals surface area contributed by atoms with Crippen LogP contribution in [0.1, 0.15) is 5.56 Å². The molecule has 90 valence electrons. The molecular weight excluding hydrogens is 250 g/mol. The number of fused-ring (bicyclic) bond motifs is 1. The number of carboxylic acids is 1. The van der Waals surface area contributed by atoms with Gasteiger partial charge in [0.1, 0.15) is 11.6 Å². The van der Waals surface area contributed by atoms with Crippen LogP contribution in [0.3, 0.4) is 0 Å². The van der Waals surface area contributed by atoms with Gasteiger partial charge in [-0.2, -0.15) is 0 Å². The summed E-state index contributed by atoms with van der Waals surface area (Å²) in [4.78, 5) is 10.2. The van der Waals surface area contributed by atoms with Crippen LogP contribution in [-0.4, -0.2) is 33.2 Å². The van der Waals surface area contributed by atoms with E-state index in [1.165, 1.54) is 12.1 Å². The van der Waals surface area contributed by atoms with E-state index >= 15 is 0 Å². The van der Waals surface area contributed by atoms with Crippen molar-refractivity contribution in [1.82, 2.24) is 0 Å². The lowest BCUT2D eigenvalue weighted by Crippen LogP contribution is -2.32. The Morgan fingerprint density at radius 1 is 1.59 bits per heavy atom. The van der Waals surface area contributed by atoms with Crippen LogP contribution in [0, 0.1) is 5.82 Å². The number of aliphatic carboxylic acids is 1. The highest BCUT2D eigenvalue weighted by molar-refractivity contribution is 7.85. The minimum Gasteiger partial charge on any atom is -0.481 e. The molecule has 0 amide bonds. The second kappa shape index (κ2) is 4.56. The summed E-state index contributed by atoms with van der Waals surface area (Å²) in [6.45, 7) is 0.0826. The number of carboxylic acid groups (broad SMARTS) is 1. The summed E-state index contributed by atoms with van der Waals surface area (Å²) >= 11 is 0. The third kappa shape index (κ3) is 2.24. The standard InChI is InChI=1S/C9H8BFO5S/c11-9-6(17(15)4-7(12)13)2-1-5-3-16-10(14)8(5)9/h1-2,14H,3-4H2,(H,12,13). The Kier molecular flexibility index (Phi) is 3.27. The van der Waals surface area contributed by atoms with Crippen molar-refractivity contribution in [2.24, 2.45) is 0 Å². The molecule has 1 aromatic rings. The van der Waals surface area contributed by atoms with E-state index in [2.05, 4.69) is 0 Å². The molecule has 2 rings (SSSR count). The molecule has 17 heavy (non-hydrogen) atoms. The fourth-order valence-corrected chi connectivity index (χ4v) is 2.53. The summed E-state index contributed by atoms with van der Waals surface area (Å²) < 4.78 is 30.3. The first-order valence-electron chi connectivity index (χ1n) is 4.72. The Balaban J connectivity index is 2.41. The molecule has 0 aromatic heterocycles. The Labute approximate surface area is 98.8 Å². The van der Waals surface area contributed by atoms with E-state index in [0.717, 1.165) is 0 Å². The molecule has 1 aliphatic heterocycles. The lowest BCUT2D eigenvalue weighted by atomic mass is 9.79. The summed E-state index contributed by atoms with van der Waals surface area (Å²) in [5, 5.41) is 17.9. The Hall–Kier alpha value is -1.25. The van der Waals surface area contributed by atoms with Crippen LogP contribution < -0.4 is 5.46 Å². The van der Waals surface area contributed by atoms with E-state index in [4.69, 9.17) is 9.76 Å². The van der Waals surface area contributed by atoms with Gasteiger partial charge in [0.2, 0.25) is 0 Å². The fourth-order valence-electron chi connectivity index (χ4n) is 1.62. The quantitative estimate of drug-likeness (QED) is 0.696. The van der Waals surface area contributed by atoms with Crippen molar-refractivity contribution >= 4 is 29.4 Å². The van der Waals surface area contributed by atoms with Crippen LogP contribution in [0.25, 0.3) is 0 Å². The first-order valence-corrected chi connectivity index (χ1v) is 6.03. The van der Waals surface area contributed by atoms with Gasteiger partial charge in [0, 0.05) is 5.46 Å². The van der Waals surface area contributed by atoms with Gasteiger partial charge in [0.05, 0.1) is 22.3 Å². The van der Waals surface area contributed by atoms with Crippen molar-refractivity contribution in [3.8, 4) is 0 Å². The van der Waals surface area contributed by atoms with Gasteiger partial charge in [0.25, 0.3) is 0 Å². The Bertz CT molecular complexity index is 506. The molecule has 1 aromatic carbocycles. The van der Waals surface area contributed by atoms with E-state index in [1.54, 1.807) is 0 Å². The number of hydrogen-bond acceptors (Lipinski definition) is 4. The fraction of sp³-hybridized carbons (Fsp3) is 0.222. The molecular formula is C9H8BFO5S. The molecule has 1 aliphatic rings. The van der Waals surface area contributed by atoms with Gasteiger partial charge in [0.15, 0.2) is 0 Å². The maximum atomic E-state index is 13.9. The molecule has 8 heteroatoms. The number of rotatable bonds is 3. The van der Waals surface area contributed by atoms with Crippen molar-refractivity contribution in [3.05, 3.63) is 23.5 Å². The van der Waals surface area contributed by atoms with Crippen LogP contribution in [0.15, 0.2) is 17.0 Å². The van der Waals surface area contributed by atoms with Gasteiger partial charge < -0.3 is 14.8 Å². The number of hydrogen-bond donors (Lipinski definition) is 2. The Morgan fingerprint density at radius 2 is 2.29 bits per heavy atom. The molecule has 1 heterocycles. The zero-order valence-corrected chi connectivity index (χ0v) is 9.37. The van der Waals surface area contributed by atoms with Gasteiger partial charge in [-0.1, -0.05) is 6.07 Å². The summed E-state index contributed by atoms with van der Waals surface area (Å²) in [7, 11) is -3.36. The molecule has 0 saturated carbocycles. The molecule has 0 bridgehead atoms. The van der Waals surface area contributed by atoms with Gasteiger partial charge in [-0.05, 0) is 11.6 Å². The molecule has 0 spiro atoms. The molecule has 0 fully saturated rings. The molecule has 1 unspecified atom stereocenters. The minimum atomic E-state index is -1.97.